The van der Waals surface area contributed by atoms with Crippen LogP contribution in [0, 0.1) is 6.92 Å². The van der Waals surface area contributed by atoms with Crippen molar-refractivity contribution < 1.29 is 0 Å². The Kier molecular flexibility index (Phi) is 9.82. The second-order valence-corrected chi connectivity index (χ2v) is 5.34. The number of rotatable bonds is 3. The van der Waals surface area contributed by atoms with Gasteiger partial charge >= 0.3 is 0 Å². The van der Waals surface area contributed by atoms with Crippen molar-refractivity contribution in [3.8, 4) is 0 Å². The van der Waals surface area contributed by atoms with Gasteiger partial charge in [-0.15, -0.1) is 0 Å². The van der Waals surface area contributed by atoms with Crippen LogP contribution in [0.5, 0.6) is 0 Å². The molecule has 0 aromatic heterocycles. The summed E-state index contributed by atoms with van der Waals surface area (Å²) in [6, 6.07) is 28.3. The zero-order valence-electron chi connectivity index (χ0n) is 14.9. The minimum Gasteiger partial charge on any atom is -0.0985 e. The summed E-state index contributed by atoms with van der Waals surface area (Å²) in [5.41, 5.74) is 4.82. The van der Waals surface area contributed by atoms with E-state index < -0.39 is 0 Å². The van der Waals surface area contributed by atoms with Gasteiger partial charge in [-0.25, -0.2) is 0 Å². The smallest absolute Gasteiger partial charge is 0.0262 e. The molecule has 0 nitrogen and oxygen atoms in total. The fraction of sp³-hybridized carbons (Fsp3) is 0.0400. The predicted octanol–water partition coefficient (Wildman–Crippen LogP) is 7.30. The minimum atomic E-state index is 1.17. The third-order valence-electron chi connectivity index (χ3n) is 3.38. The third-order valence-corrected chi connectivity index (χ3v) is 3.38. The van der Waals surface area contributed by atoms with Gasteiger partial charge in [0.2, 0.25) is 0 Å². The van der Waals surface area contributed by atoms with Gasteiger partial charge in [0, 0.05) is 0 Å². The number of hydrogen-bond donors (Lipinski definition) is 0. The maximum atomic E-state index is 3.66. The van der Waals surface area contributed by atoms with Crippen LogP contribution in [0.1, 0.15) is 22.3 Å². The summed E-state index contributed by atoms with van der Waals surface area (Å²) in [5, 5.41) is 0. The van der Waals surface area contributed by atoms with Crippen LogP contribution in [0.3, 0.4) is 0 Å². The van der Waals surface area contributed by atoms with E-state index in [0.717, 1.165) is 0 Å². The molecule has 3 rings (SSSR count). The molecule has 3 aromatic carbocycles. The molecule has 0 saturated heterocycles. The molecule has 126 valence electrons. The first-order chi connectivity index (χ1) is 12.2. The molecular formula is C25H26. The molecule has 3 aromatic rings. The average molecular weight is 326 g/mol. The van der Waals surface area contributed by atoms with E-state index >= 15 is 0 Å². The monoisotopic (exact) mass is 326 g/mol. The summed E-state index contributed by atoms with van der Waals surface area (Å²) in [6.45, 7) is 13.0. The molecule has 0 aliphatic carbocycles. The molecule has 0 aliphatic rings. The Morgan fingerprint density at radius 2 is 0.800 bits per heavy atom. The molecule has 0 unspecified atom stereocenters. The Morgan fingerprint density at radius 3 is 1.08 bits per heavy atom. The highest BCUT2D eigenvalue weighted by Gasteiger charge is 1.82. The molecule has 0 heteroatoms. The SMILES string of the molecule is C=Cc1ccc(C)cc1.C=Cc1ccccc1.C=Cc1ccccc1. The Bertz CT molecular complexity index is 692. The first kappa shape index (κ1) is 19.9. The highest BCUT2D eigenvalue weighted by Crippen LogP contribution is 2.03. The summed E-state index contributed by atoms with van der Waals surface area (Å²) in [5.74, 6) is 0. The first-order valence-corrected chi connectivity index (χ1v) is 8.23. The van der Waals surface area contributed by atoms with E-state index in [-0.39, 0.29) is 0 Å². The maximum Gasteiger partial charge on any atom is -0.0262 e. The van der Waals surface area contributed by atoms with E-state index in [4.69, 9.17) is 0 Å². The average Bonchev–Trinajstić information content (AvgIpc) is 2.71. The summed E-state index contributed by atoms with van der Waals surface area (Å²) in [7, 11) is 0. The number of hydrogen-bond acceptors (Lipinski definition) is 0. The molecule has 0 amide bonds. The molecule has 0 aliphatic heterocycles. The van der Waals surface area contributed by atoms with Crippen molar-refractivity contribution in [1.29, 1.82) is 0 Å². The molecule has 0 saturated carbocycles. The van der Waals surface area contributed by atoms with Crippen LogP contribution in [-0.4, -0.2) is 0 Å². The maximum absolute atomic E-state index is 3.66. The fourth-order valence-electron chi connectivity index (χ4n) is 1.88. The summed E-state index contributed by atoms with van der Waals surface area (Å²) in [6.07, 6.45) is 5.51. The number of aryl methyl sites for hydroxylation is 1. The van der Waals surface area contributed by atoms with Crippen molar-refractivity contribution in [2.45, 2.75) is 6.92 Å². The van der Waals surface area contributed by atoms with Gasteiger partial charge in [0.1, 0.15) is 0 Å². The molecule has 0 heterocycles. The third kappa shape index (κ3) is 8.92. The van der Waals surface area contributed by atoms with E-state index in [1.54, 1.807) is 0 Å². The van der Waals surface area contributed by atoms with Crippen LogP contribution in [-0.2, 0) is 0 Å². The standard InChI is InChI=1S/C9H10.2C8H8/c1-3-9-6-4-8(2)5-7-9;2*1-2-8-6-4-3-5-7-8/h3-7H,1H2,2H3;2*2-7H,1H2. The molecular weight excluding hydrogens is 300 g/mol. The molecule has 0 atom stereocenters. The van der Waals surface area contributed by atoms with E-state index in [0.29, 0.717) is 0 Å². The Morgan fingerprint density at radius 1 is 0.480 bits per heavy atom. The van der Waals surface area contributed by atoms with Crippen molar-refractivity contribution in [3.63, 3.8) is 0 Å². The van der Waals surface area contributed by atoms with Gasteiger partial charge in [0.15, 0.2) is 0 Å². The van der Waals surface area contributed by atoms with Crippen molar-refractivity contribution in [2.75, 3.05) is 0 Å². The van der Waals surface area contributed by atoms with Crippen LogP contribution in [0.2, 0.25) is 0 Å². The van der Waals surface area contributed by atoms with Crippen molar-refractivity contribution in [1.82, 2.24) is 0 Å². The first-order valence-electron chi connectivity index (χ1n) is 8.23. The van der Waals surface area contributed by atoms with Gasteiger partial charge in [-0.05, 0) is 23.6 Å². The lowest BCUT2D eigenvalue weighted by Gasteiger charge is -1.91. The van der Waals surface area contributed by atoms with Crippen molar-refractivity contribution in [2.24, 2.45) is 0 Å². The summed E-state index contributed by atoms with van der Waals surface area (Å²) < 4.78 is 0. The van der Waals surface area contributed by atoms with Crippen LogP contribution < -0.4 is 0 Å². The highest BCUT2D eigenvalue weighted by molar-refractivity contribution is 5.47. The Balaban J connectivity index is 0.000000188. The van der Waals surface area contributed by atoms with E-state index in [9.17, 15) is 0 Å². The largest absolute Gasteiger partial charge is 0.0985 e. The van der Waals surface area contributed by atoms with Gasteiger partial charge < -0.3 is 0 Å². The lowest BCUT2D eigenvalue weighted by atomic mass is 10.2. The fourth-order valence-corrected chi connectivity index (χ4v) is 1.88. The zero-order valence-corrected chi connectivity index (χ0v) is 14.9. The van der Waals surface area contributed by atoms with Gasteiger partial charge in [0.05, 0.1) is 0 Å². The topological polar surface area (TPSA) is 0 Å². The Labute approximate surface area is 152 Å². The highest BCUT2D eigenvalue weighted by atomic mass is 13.9. The van der Waals surface area contributed by atoms with Crippen LogP contribution >= 0.6 is 0 Å². The van der Waals surface area contributed by atoms with Crippen molar-refractivity contribution in [3.05, 3.63) is 127 Å². The second-order valence-electron chi connectivity index (χ2n) is 5.34. The van der Waals surface area contributed by atoms with Gasteiger partial charge in [-0.3, -0.25) is 0 Å². The lowest BCUT2D eigenvalue weighted by molar-refractivity contribution is 1.46. The van der Waals surface area contributed by atoms with Crippen LogP contribution in [0.25, 0.3) is 18.2 Å². The molecule has 0 N–H and O–H groups in total. The van der Waals surface area contributed by atoms with E-state index in [2.05, 4.69) is 50.9 Å². The minimum absolute atomic E-state index is 1.17. The molecule has 0 spiro atoms. The second kappa shape index (κ2) is 12.3. The van der Waals surface area contributed by atoms with Crippen LogP contribution in [0.15, 0.2) is 105 Å². The van der Waals surface area contributed by atoms with E-state index in [1.165, 1.54) is 22.3 Å². The normalized spacial score (nSPS) is 8.68. The summed E-state index contributed by atoms with van der Waals surface area (Å²) in [4.78, 5) is 0. The Hall–Kier alpha value is -3.12. The van der Waals surface area contributed by atoms with E-state index in [1.807, 2.05) is 78.9 Å². The van der Waals surface area contributed by atoms with Gasteiger partial charge in [0.25, 0.3) is 0 Å². The van der Waals surface area contributed by atoms with Gasteiger partial charge in [-0.1, -0.05) is 128 Å². The number of benzene rings is 3. The molecule has 25 heavy (non-hydrogen) atoms. The van der Waals surface area contributed by atoms with Gasteiger partial charge in [-0.2, -0.15) is 0 Å². The quantitative estimate of drug-likeness (QED) is 0.474. The molecule has 0 bridgehead atoms. The molecule has 0 radical (unpaired) electrons. The zero-order chi connectivity index (χ0) is 18.3. The lowest BCUT2D eigenvalue weighted by Crippen LogP contribution is -1.71. The summed E-state index contributed by atoms with van der Waals surface area (Å²) >= 11 is 0. The van der Waals surface area contributed by atoms with Crippen LogP contribution in [0.4, 0.5) is 0 Å². The molecule has 0 fully saturated rings. The predicted molar refractivity (Wildman–Crippen MR) is 114 cm³/mol. The van der Waals surface area contributed by atoms with Crippen molar-refractivity contribution >= 4 is 18.2 Å².